The summed E-state index contributed by atoms with van der Waals surface area (Å²) < 4.78 is 7.08. The van der Waals surface area contributed by atoms with Crippen molar-refractivity contribution in [2.75, 3.05) is 6.61 Å². The van der Waals surface area contributed by atoms with Gasteiger partial charge >= 0.3 is 0 Å². The van der Waals surface area contributed by atoms with Crippen molar-refractivity contribution in [1.29, 1.82) is 5.26 Å². The quantitative estimate of drug-likeness (QED) is 0.821. The minimum Gasteiger partial charge on any atom is -0.372 e. The van der Waals surface area contributed by atoms with Crippen LogP contribution in [0.3, 0.4) is 0 Å². The van der Waals surface area contributed by atoms with E-state index in [0.29, 0.717) is 13.2 Å². The highest BCUT2D eigenvalue weighted by Crippen LogP contribution is 2.21. The van der Waals surface area contributed by atoms with Crippen molar-refractivity contribution in [3.8, 4) is 6.07 Å². The molecule has 0 aliphatic rings. The first-order valence-electron chi connectivity index (χ1n) is 5.58. The molecular formula is C11H13N5OS. The summed E-state index contributed by atoms with van der Waals surface area (Å²) in [4.78, 5) is 8.33. The Hall–Kier alpha value is -1.78. The van der Waals surface area contributed by atoms with Gasteiger partial charge in [-0.05, 0) is 13.8 Å². The first-order valence-corrected chi connectivity index (χ1v) is 6.46. The van der Waals surface area contributed by atoms with E-state index in [1.54, 1.807) is 16.0 Å². The number of rotatable bonds is 5. The summed E-state index contributed by atoms with van der Waals surface area (Å²) >= 11 is 1.57. The Kier molecular flexibility index (Phi) is 4.02. The zero-order valence-electron chi connectivity index (χ0n) is 10.2. The Bertz CT molecular complexity index is 556. The smallest absolute Gasteiger partial charge is 0.252 e. The van der Waals surface area contributed by atoms with Crippen molar-refractivity contribution in [2.45, 2.75) is 26.5 Å². The molecule has 2 aromatic heterocycles. The summed E-state index contributed by atoms with van der Waals surface area (Å²) in [5, 5.41) is 15.5. The van der Waals surface area contributed by atoms with Crippen LogP contribution in [0.2, 0.25) is 0 Å². The second-order valence-electron chi connectivity index (χ2n) is 3.65. The van der Waals surface area contributed by atoms with Crippen LogP contribution in [0.25, 0.3) is 0 Å². The largest absolute Gasteiger partial charge is 0.372 e. The van der Waals surface area contributed by atoms with Gasteiger partial charge in [-0.25, -0.2) is 14.6 Å². The average molecular weight is 263 g/mol. The van der Waals surface area contributed by atoms with Gasteiger partial charge in [0.25, 0.3) is 5.82 Å². The number of hydrogen-bond acceptors (Lipinski definition) is 6. The van der Waals surface area contributed by atoms with Crippen LogP contribution in [0.15, 0.2) is 11.7 Å². The van der Waals surface area contributed by atoms with Crippen molar-refractivity contribution < 1.29 is 4.74 Å². The van der Waals surface area contributed by atoms with Crippen LogP contribution in [0.5, 0.6) is 0 Å². The van der Waals surface area contributed by atoms with Crippen LogP contribution in [-0.2, 0) is 11.3 Å². The molecule has 0 saturated carbocycles. The molecule has 0 aliphatic carbocycles. The Morgan fingerprint density at radius 2 is 2.44 bits per heavy atom. The molecule has 0 fully saturated rings. The van der Waals surface area contributed by atoms with Crippen LogP contribution in [-0.4, -0.2) is 26.4 Å². The molecule has 0 spiro atoms. The average Bonchev–Trinajstić information content (AvgIpc) is 2.99. The monoisotopic (exact) mass is 263 g/mol. The van der Waals surface area contributed by atoms with Gasteiger partial charge in [-0.3, -0.25) is 0 Å². The third-order valence-electron chi connectivity index (χ3n) is 2.29. The Morgan fingerprint density at radius 1 is 1.61 bits per heavy atom. The number of nitriles is 1. The lowest BCUT2D eigenvalue weighted by Crippen LogP contribution is -2.03. The number of ether oxygens (including phenoxy) is 1. The van der Waals surface area contributed by atoms with Crippen molar-refractivity contribution >= 4 is 11.3 Å². The highest BCUT2D eigenvalue weighted by Gasteiger charge is 2.11. The fourth-order valence-electron chi connectivity index (χ4n) is 1.49. The highest BCUT2D eigenvalue weighted by atomic mass is 32.1. The van der Waals surface area contributed by atoms with Gasteiger partial charge in [0.1, 0.15) is 23.5 Å². The predicted molar refractivity (Wildman–Crippen MR) is 66.0 cm³/mol. The van der Waals surface area contributed by atoms with E-state index in [9.17, 15) is 0 Å². The van der Waals surface area contributed by atoms with E-state index in [-0.39, 0.29) is 11.9 Å². The Morgan fingerprint density at radius 3 is 3.11 bits per heavy atom. The summed E-state index contributed by atoms with van der Waals surface area (Å²) in [6.07, 6.45) is 1.54. The maximum absolute atomic E-state index is 8.63. The van der Waals surface area contributed by atoms with E-state index in [2.05, 4.69) is 15.1 Å². The Balaban J connectivity index is 2.04. The van der Waals surface area contributed by atoms with Gasteiger partial charge in [0, 0.05) is 12.0 Å². The van der Waals surface area contributed by atoms with Gasteiger partial charge in [0.05, 0.1) is 12.2 Å². The normalized spacial score (nSPS) is 12.3. The van der Waals surface area contributed by atoms with Crippen LogP contribution in [0.4, 0.5) is 0 Å². The summed E-state index contributed by atoms with van der Waals surface area (Å²) in [7, 11) is 0. The summed E-state index contributed by atoms with van der Waals surface area (Å²) in [6, 6.07) is 1.89. The standard InChI is InChI=1S/C11H13N5OS/c1-3-17-8(2)11-14-9(6-18-11)5-16-7-13-10(4-12)15-16/h6-8H,3,5H2,1-2H3/t8-/m0/s1. The molecule has 94 valence electrons. The molecule has 1 atom stereocenters. The minimum absolute atomic E-state index is 0.0131. The van der Waals surface area contributed by atoms with Gasteiger partial charge in [0.15, 0.2) is 0 Å². The molecule has 0 saturated heterocycles. The van der Waals surface area contributed by atoms with E-state index in [1.807, 2.05) is 25.3 Å². The van der Waals surface area contributed by atoms with Gasteiger partial charge in [0.2, 0.25) is 0 Å². The molecule has 0 amide bonds. The van der Waals surface area contributed by atoms with Crippen molar-refractivity contribution in [1.82, 2.24) is 19.7 Å². The second kappa shape index (κ2) is 5.71. The van der Waals surface area contributed by atoms with Crippen LogP contribution in [0, 0.1) is 11.3 Å². The lowest BCUT2D eigenvalue weighted by Gasteiger charge is -2.06. The molecule has 7 heteroatoms. The molecule has 0 radical (unpaired) electrons. The number of nitrogens with zero attached hydrogens (tertiary/aromatic N) is 5. The van der Waals surface area contributed by atoms with Gasteiger partial charge in [-0.1, -0.05) is 0 Å². The van der Waals surface area contributed by atoms with Crippen LogP contribution < -0.4 is 0 Å². The molecule has 0 unspecified atom stereocenters. The number of hydrogen-bond donors (Lipinski definition) is 0. The minimum atomic E-state index is 0.0131. The Labute approximate surface area is 109 Å². The van der Waals surface area contributed by atoms with E-state index < -0.39 is 0 Å². The molecule has 18 heavy (non-hydrogen) atoms. The van der Waals surface area contributed by atoms with E-state index in [0.717, 1.165) is 10.7 Å². The predicted octanol–water partition coefficient (Wildman–Crippen LogP) is 1.75. The van der Waals surface area contributed by atoms with Crippen molar-refractivity contribution in [3.63, 3.8) is 0 Å². The summed E-state index contributed by atoms with van der Waals surface area (Å²) in [5.41, 5.74) is 0.899. The molecule has 2 rings (SSSR count). The summed E-state index contributed by atoms with van der Waals surface area (Å²) in [6.45, 7) is 5.13. The maximum Gasteiger partial charge on any atom is 0.252 e. The molecule has 0 N–H and O–H groups in total. The molecule has 2 aromatic rings. The lowest BCUT2D eigenvalue weighted by atomic mass is 10.4. The molecule has 0 bridgehead atoms. The SMILES string of the molecule is CCO[C@@H](C)c1nc(Cn2cnc(C#N)n2)cs1. The molecule has 0 aliphatic heterocycles. The zero-order chi connectivity index (χ0) is 13.0. The molecular weight excluding hydrogens is 250 g/mol. The van der Waals surface area contributed by atoms with Gasteiger partial charge in [-0.15, -0.1) is 16.4 Å². The fraction of sp³-hybridized carbons (Fsp3) is 0.455. The van der Waals surface area contributed by atoms with E-state index in [4.69, 9.17) is 10.00 Å². The zero-order valence-corrected chi connectivity index (χ0v) is 11.0. The second-order valence-corrected chi connectivity index (χ2v) is 4.54. The molecule has 6 nitrogen and oxygen atoms in total. The van der Waals surface area contributed by atoms with Crippen LogP contribution in [0.1, 0.15) is 36.5 Å². The third kappa shape index (κ3) is 2.91. The highest BCUT2D eigenvalue weighted by molar-refractivity contribution is 7.09. The van der Waals surface area contributed by atoms with Crippen LogP contribution >= 0.6 is 11.3 Å². The third-order valence-corrected chi connectivity index (χ3v) is 3.35. The topological polar surface area (TPSA) is 76.6 Å². The van der Waals surface area contributed by atoms with Crippen molar-refractivity contribution in [3.05, 3.63) is 28.2 Å². The summed E-state index contributed by atoms with van der Waals surface area (Å²) in [5.74, 6) is 0.174. The first kappa shape index (κ1) is 12.7. The fourth-order valence-corrected chi connectivity index (χ4v) is 2.30. The van der Waals surface area contributed by atoms with Gasteiger partial charge in [-0.2, -0.15) is 5.26 Å². The molecule has 0 aromatic carbocycles. The number of aromatic nitrogens is 4. The molecule has 2 heterocycles. The maximum atomic E-state index is 8.63. The number of thiazole rings is 1. The lowest BCUT2D eigenvalue weighted by molar-refractivity contribution is 0.0761. The van der Waals surface area contributed by atoms with E-state index in [1.165, 1.54) is 6.33 Å². The van der Waals surface area contributed by atoms with Gasteiger partial charge < -0.3 is 4.74 Å². The van der Waals surface area contributed by atoms with Crippen molar-refractivity contribution in [2.24, 2.45) is 0 Å². The van der Waals surface area contributed by atoms with E-state index >= 15 is 0 Å². The first-order chi connectivity index (χ1) is 8.72.